The Morgan fingerprint density at radius 1 is 1.10 bits per heavy atom. The first-order chi connectivity index (χ1) is 14.2. The van der Waals surface area contributed by atoms with Crippen molar-refractivity contribution < 1.29 is 9.53 Å². The highest BCUT2D eigenvalue weighted by Crippen LogP contribution is 2.36. The molecule has 29 heavy (non-hydrogen) atoms. The molecule has 2 aromatic carbocycles. The maximum Gasteiger partial charge on any atom is 0.255 e. The number of aromatic nitrogens is 3. The molecule has 6 nitrogen and oxygen atoms in total. The number of hydrogen-bond donors (Lipinski definition) is 0. The van der Waals surface area contributed by atoms with E-state index in [1.54, 1.807) is 19.6 Å². The molecule has 0 bridgehead atoms. The highest BCUT2D eigenvalue weighted by molar-refractivity contribution is 5.99. The average Bonchev–Trinajstić information content (AvgIpc) is 3.29. The number of ether oxygens (including phenoxy) is 1. The minimum absolute atomic E-state index is 0.00370. The van der Waals surface area contributed by atoms with Crippen LogP contribution in [0.2, 0.25) is 0 Å². The van der Waals surface area contributed by atoms with Gasteiger partial charge in [0.05, 0.1) is 13.2 Å². The van der Waals surface area contributed by atoms with Crippen molar-refractivity contribution in [3.63, 3.8) is 0 Å². The summed E-state index contributed by atoms with van der Waals surface area (Å²) >= 11 is 0. The zero-order chi connectivity index (χ0) is 20.0. The Hall–Kier alpha value is -3.67. The first-order valence-corrected chi connectivity index (χ1v) is 9.51. The molecule has 4 aromatic rings. The number of carbonyl (C=O) groups excluding carboxylic acids is 1. The molecular formula is C23H20N4O2. The van der Waals surface area contributed by atoms with Crippen LogP contribution in [0, 0.1) is 0 Å². The lowest BCUT2D eigenvalue weighted by molar-refractivity contribution is 0.0723. The predicted molar refractivity (Wildman–Crippen MR) is 110 cm³/mol. The second kappa shape index (κ2) is 6.74. The fourth-order valence-corrected chi connectivity index (χ4v) is 3.96. The Bertz CT molecular complexity index is 1210. The Morgan fingerprint density at radius 2 is 1.93 bits per heavy atom. The topological polar surface area (TPSA) is 60.2 Å². The summed E-state index contributed by atoms with van der Waals surface area (Å²) in [6.45, 7) is 2.64. The van der Waals surface area contributed by atoms with Crippen LogP contribution in [0.3, 0.4) is 0 Å². The number of fused-ring (bicyclic) bond motifs is 2. The average molecular weight is 384 g/mol. The van der Waals surface area contributed by atoms with Gasteiger partial charge < -0.3 is 14.2 Å². The van der Waals surface area contributed by atoms with Gasteiger partial charge in [0, 0.05) is 35.6 Å². The lowest BCUT2D eigenvalue weighted by Crippen LogP contribution is -2.26. The summed E-state index contributed by atoms with van der Waals surface area (Å²) < 4.78 is 7.25. The molecule has 5 rings (SSSR count). The van der Waals surface area contributed by atoms with Crippen molar-refractivity contribution in [3.05, 3.63) is 83.9 Å². The van der Waals surface area contributed by atoms with Gasteiger partial charge in [-0.3, -0.25) is 4.79 Å². The normalized spacial score (nSPS) is 15.7. The highest BCUT2D eigenvalue weighted by Gasteiger charge is 2.34. The Morgan fingerprint density at radius 3 is 2.72 bits per heavy atom. The van der Waals surface area contributed by atoms with E-state index in [2.05, 4.69) is 23.0 Å². The predicted octanol–water partition coefficient (Wildman–Crippen LogP) is 4.15. The fraction of sp³-hybridized carbons (Fsp3) is 0.174. The van der Waals surface area contributed by atoms with Gasteiger partial charge in [-0.15, -0.1) is 0 Å². The van der Waals surface area contributed by atoms with Gasteiger partial charge in [-0.05, 0) is 54.4 Å². The third-order valence-corrected chi connectivity index (χ3v) is 5.58. The smallest absolute Gasteiger partial charge is 0.255 e. The molecule has 0 saturated carbocycles. The van der Waals surface area contributed by atoms with Crippen LogP contribution in [0.1, 0.15) is 34.5 Å². The van der Waals surface area contributed by atoms with Gasteiger partial charge in [0.15, 0.2) is 0 Å². The second-order valence-corrected chi connectivity index (χ2v) is 7.22. The Balaban J connectivity index is 1.47. The summed E-state index contributed by atoms with van der Waals surface area (Å²) in [6, 6.07) is 15.8. The lowest BCUT2D eigenvalue weighted by Gasteiger charge is -2.22. The number of amides is 1. The maximum atomic E-state index is 13.0. The van der Waals surface area contributed by atoms with Crippen LogP contribution in [0.5, 0.6) is 5.75 Å². The Labute approximate surface area is 168 Å². The molecule has 3 heterocycles. The summed E-state index contributed by atoms with van der Waals surface area (Å²) in [5.41, 5.74) is 4.72. The molecule has 0 saturated heterocycles. The largest absolute Gasteiger partial charge is 0.497 e. The number of nitrogens with zero attached hydrogens (tertiary/aromatic N) is 4. The second-order valence-electron chi connectivity index (χ2n) is 7.22. The molecule has 0 aliphatic carbocycles. The number of rotatable bonds is 4. The third-order valence-electron chi connectivity index (χ3n) is 5.58. The molecule has 0 fully saturated rings. The minimum atomic E-state index is -0.00370. The van der Waals surface area contributed by atoms with E-state index in [4.69, 9.17) is 4.74 Å². The van der Waals surface area contributed by atoms with Gasteiger partial charge in [-0.2, -0.15) is 0 Å². The summed E-state index contributed by atoms with van der Waals surface area (Å²) in [7, 11) is 1.65. The molecule has 2 aromatic heterocycles. The molecule has 1 aliphatic heterocycles. The quantitative estimate of drug-likeness (QED) is 0.530. The van der Waals surface area contributed by atoms with Crippen LogP contribution >= 0.6 is 0 Å². The van der Waals surface area contributed by atoms with Crippen molar-refractivity contribution in [1.29, 1.82) is 0 Å². The van der Waals surface area contributed by atoms with E-state index in [1.807, 2.05) is 58.1 Å². The van der Waals surface area contributed by atoms with E-state index in [9.17, 15) is 4.79 Å². The summed E-state index contributed by atoms with van der Waals surface area (Å²) in [5.74, 6) is 0.875. The van der Waals surface area contributed by atoms with Gasteiger partial charge in [0.25, 0.3) is 5.91 Å². The number of carbonyl (C=O) groups is 1. The van der Waals surface area contributed by atoms with Gasteiger partial charge in [0.1, 0.15) is 17.7 Å². The monoisotopic (exact) mass is 384 g/mol. The molecule has 0 radical (unpaired) electrons. The van der Waals surface area contributed by atoms with Crippen LogP contribution in [0.25, 0.3) is 16.7 Å². The Kier molecular flexibility index (Phi) is 4.05. The zero-order valence-electron chi connectivity index (χ0n) is 16.2. The van der Waals surface area contributed by atoms with Crippen LogP contribution in [-0.2, 0) is 6.54 Å². The summed E-state index contributed by atoms with van der Waals surface area (Å²) in [4.78, 5) is 23.4. The van der Waals surface area contributed by atoms with Crippen molar-refractivity contribution >= 4 is 16.9 Å². The van der Waals surface area contributed by atoms with Crippen molar-refractivity contribution in [2.24, 2.45) is 0 Å². The highest BCUT2D eigenvalue weighted by atomic mass is 16.5. The third kappa shape index (κ3) is 2.84. The van der Waals surface area contributed by atoms with E-state index >= 15 is 0 Å². The molecule has 0 spiro atoms. The molecule has 6 heteroatoms. The summed E-state index contributed by atoms with van der Waals surface area (Å²) in [5, 5.41) is 0.984. The summed E-state index contributed by atoms with van der Waals surface area (Å²) in [6.07, 6.45) is 5.33. The van der Waals surface area contributed by atoms with Crippen molar-refractivity contribution in [2.75, 3.05) is 7.11 Å². The van der Waals surface area contributed by atoms with Crippen LogP contribution in [-0.4, -0.2) is 32.5 Å². The van der Waals surface area contributed by atoms with Gasteiger partial charge in [-0.25, -0.2) is 9.97 Å². The van der Waals surface area contributed by atoms with E-state index in [-0.39, 0.29) is 11.9 Å². The lowest BCUT2D eigenvalue weighted by atomic mass is 10.0. The molecule has 1 aliphatic rings. The molecule has 144 valence electrons. The van der Waals surface area contributed by atoms with Crippen molar-refractivity contribution in [3.8, 4) is 11.4 Å². The van der Waals surface area contributed by atoms with Gasteiger partial charge in [-0.1, -0.05) is 12.1 Å². The molecule has 0 N–H and O–H groups in total. The van der Waals surface area contributed by atoms with Crippen LogP contribution < -0.4 is 4.74 Å². The first-order valence-electron chi connectivity index (χ1n) is 9.51. The van der Waals surface area contributed by atoms with Crippen LogP contribution in [0.4, 0.5) is 0 Å². The van der Waals surface area contributed by atoms with E-state index in [0.29, 0.717) is 6.54 Å². The molecule has 1 atom stereocenters. The first kappa shape index (κ1) is 17.4. The SMILES string of the molecule is COc1ccc(CN2C(=O)c3ccc(-n4ccc5cncnc54)cc3C2C)cc1. The van der Waals surface area contributed by atoms with E-state index < -0.39 is 0 Å². The van der Waals surface area contributed by atoms with Crippen LogP contribution in [0.15, 0.2) is 67.3 Å². The maximum absolute atomic E-state index is 13.0. The number of benzene rings is 2. The molecular weight excluding hydrogens is 364 g/mol. The molecule has 1 unspecified atom stereocenters. The fourth-order valence-electron chi connectivity index (χ4n) is 3.96. The number of methoxy groups -OCH3 is 1. The number of hydrogen-bond acceptors (Lipinski definition) is 4. The zero-order valence-corrected chi connectivity index (χ0v) is 16.2. The van der Waals surface area contributed by atoms with Crippen molar-refractivity contribution in [1.82, 2.24) is 19.4 Å². The van der Waals surface area contributed by atoms with E-state index in [1.165, 1.54) is 0 Å². The van der Waals surface area contributed by atoms with E-state index in [0.717, 1.165) is 39.2 Å². The standard InChI is InChI=1S/C23H20N4O2/c1-15-21-11-18(26-10-9-17-12-24-14-25-22(17)26)5-8-20(21)23(28)27(15)13-16-3-6-19(29-2)7-4-16/h3-12,14-15H,13H2,1-2H3. The molecule has 1 amide bonds. The van der Waals surface area contributed by atoms with Gasteiger partial charge in [0.2, 0.25) is 0 Å². The van der Waals surface area contributed by atoms with Gasteiger partial charge >= 0.3 is 0 Å². The van der Waals surface area contributed by atoms with Crippen molar-refractivity contribution in [2.45, 2.75) is 19.5 Å². The minimum Gasteiger partial charge on any atom is -0.497 e.